The number of nitrogens with one attached hydrogen (secondary N) is 1. The number of nitrogens with zero attached hydrogens (tertiary/aromatic N) is 2. The Morgan fingerprint density at radius 2 is 2.38 bits per heavy atom. The fourth-order valence-electron chi connectivity index (χ4n) is 2.14. The highest BCUT2D eigenvalue weighted by atomic mass is 32.2. The minimum absolute atomic E-state index is 0.121. The van der Waals surface area contributed by atoms with Gasteiger partial charge in [-0.2, -0.15) is 0 Å². The van der Waals surface area contributed by atoms with Crippen molar-refractivity contribution in [2.75, 3.05) is 37.4 Å². The maximum Gasteiger partial charge on any atom is 0.406 e. The van der Waals surface area contributed by atoms with Crippen molar-refractivity contribution in [1.82, 2.24) is 5.32 Å². The molecule has 0 atom stereocenters. The van der Waals surface area contributed by atoms with Gasteiger partial charge >= 0.3 is 6.09 Å². The molecule has 1 aliphatic rings. The molecule has 0 saturated carbocycles. The van der Waals surface area contributed by atoms with Crippen LogP contribution in [0.25, 0.3) is 0 Å². The van der Waals surface area contributed by atoms with E-state index in [2.05, 4.69) is 15.0 Å². The lowest BCUT2D eigenvalue weighted by molar-refractivity contribution is -0.385. The second kappa shape index (κ2) is 7.16. The second-order valence-corrected chi connectivity index (χ2v) is 5.65. The number of nitro benzene ring substituents is 1. The van der Waals surface area contributed by atoms with Gasteiger partial charge in [0.2, 0.25) is 0 Å². The highest BCUT2D eigenvalue weighted by Gasteiger charge is 2.19. The van der Waals surface area contributed by atoms with Gasteiger partial charge in [-0.15, -0.1) is 11.8 Å². The van der Waals surface area contributed by atoms with E-state index < -0.39 is 6.09 Å². The Balaban J connectivity index is 1.95. The molecule has 1 aromatic rings. The van der Waals surface area contributed by atoms with Crippen LogP contribution in [0, 0.1) is 10.1 Å². The van der Waals surface area contributed by atoms with Gasteiger partial charge < -0.3 is 15.0 Å². The van der Waals surface area contributed by atoms with Gasteiger partial charge in [0.05, 0.1) is 17.7 Å². The molecule has 0 radical (unpaired) electrons. The normalized spacial score (nSPS) is 13.5. The third-order valence-electron chi connectivity index (χ3n) is 3.17. The Morgan fingerprint density at radius 3 is 3.10 bits per heavy atom. The van der Waals surface area contributed by atoms with Crippen LogP contribution in [0.2, 0.25) is 0 Å². The molecule has 0 bridgehead atoms. The number of ether oxygens (including phenoxy) is 1. The molecule has 7 nitrogen and oxygen atoms in total. The van der Waals surface area contributed by atoms with Gasteiger partial charge in [0.1, 0.15) is 0 Å². The van der Waals surface area contributed by atoms with Crippen LogP contribution in [0.5, 0.6) is 0 Å². The molecule has 0 spiro atoms. The largest absolute Gasteiger partial charge is 0.453 e. The Bertz CT molecular complexity index is 538. The molecule has 21 heavy (non-hydrogen) atoms. The van der Waals surface area contributed by atoms with Crippen LogP contribution in [0.3, 0.4) is 0 Å². The third kappa shape index (κ3) is 4.01. The summed E-state index contributed by atoms with van der Waals surface area (Å²) in [6, 6.07) is 4.95. The zero-order chi connectivity index (χ0) is 15.2. The smallest absolute Gasteiger partial charge is 0.406 e. The summed E-state index contributed by atoms with van der Waals surface area (Å²) in [5, 5.41) is 13.4. The van der Waals surface area contributed by atoms with Crippen molar-refractivity contribution in [2.45, 2.75) is 11.3 Å². The number of nitro groups is 1. The quantitative estimate of drug-likeness (QED) is 0.510. The molecule has 1 heterocycles. The van der Waals surface area contributed by atoms with Crippen LogP contribution in [0.4, 0.5) is 16.2 Å². The molecule has 8 heteroatoms. The molecule has 0 aliphatic carbocycles. The minimum atomic E-state index is -0.430. The van der Waals surface area contributed by atoms with Crippen molar-refractivity contribution in [3.63, 3.8) is 0 Å². The summed E-state index contributed by atoms with van der Waals surface area (Å²) in [6.07, 6.45) is 0.358. The first-order valence-corrected chi connectivity index (χ1v) is 7.58. The molecule has 1 amide bonds. The van der Waals surface area contributed by atoms with E-state index in [1.165, 1.54) is 13.2 Å². The Kier molecular flexibility index (Phi) is 5.26. The highest BCUT2D eigenvalue weighted by molar-refractivity contribution is 7.99. The molecule has 1 N–H and O–H groups in total. The molecular weight excluding hydrogens is 294 g/mol. The van der Waals surface area contributed by atoms with Gasteiger partial charge in [-0.1, -0.05) is 0 Å². The molecular formula is C13H17N3O4S. The number of thioether (sulfide) groups is 1. The summed E-state index contributed by atoms with van der Waals surface area (Å²) >= 11 is 1.64. The summed E-state index contributed by atoms with van der Waals surface area (Å²) in [6.45, 7) is 2.22. The van der Waals surface area contributed by atoms with Crippen LogP contribution in [0.15, 0.2) is 23.1 Å². The summed E-state index contributed by atoms with van der Waals surface area (Å²) in [5.74, 6) is 0.901. The number of carbonyl (C=O) groups is 1. The van der Waals surface area contributed by atoms with Crippen LogP contribution in [0.1, 0.15) is 6.42 Å². The van der Waals surface area contributed by atoms with Gasteiger partial charge in [0.25, 0.3) is 5.69 Å². The lowest BCUT2D eigenvalue weighted by Crippen LogP contribution is -2.33. The summed E-state index contributed by atoms with van der Waals surface area (Å²) in [7, 11) is 1.33. The van der Waals surface area contributed by atoms with Crippen molar-refractivity contribution in [2.24, 2.45) is 0 Å². The summed E-state index contributed by atoms with van der Waals surface area (Å²) in [4.78, 5) is 24.5. The standard InChI is InChI=1S/C13H17N3O4S/c1-20-13(17)14-5-2-6-15-7-8-21-12-9-10(16(18)19)3-4-11(12)15/h3-4,9H,2,5-8H2,1H3,(H,14,17). The number of alkyl carbamates (subject to hydrolysis) is 1. The topological polar surface area (TPSA) is 84.7 Å². The van der Waals surface area contributed by atoms with Crippen molar-refractivity contribution in [1.29, 1.82) is 0 Å². The Labute approximate surface area is 126 Å². The summed E-state index contributed by atoms with van der Waals surface area (Å²) < 4.78 is 4.50. The van der Waals surface area contributed by atoms with Crippen molar-refractivity contribution < 1.29 is 14.5 Å². The monoisotopic (exact) mass is 311 g/mol. The number of hydrogen-bond donors (Lipinski definition) is 1. The molecule has 0 fully saturated rings. The van der Waals surface area contributed by atoms with Crippen molar-refractivity contribution in [3.8, 4) is 0 Å². The maximum atomic E-state index is 10.9. The van der Waals surface area contributed by atoms with Gasteiger partial charge in [0.15, 0.2) is 0 Å². The van der Waals surface area contributed by atoms with E-state index in [0.29, 0.717) is 6.54 Å². The van der Waals surface area contributed by atoms with Crippen LogP contribution < -0.4 is 10.2 Å². The van der Waals surface area contributed by atoms with Crippen LogP contribution in [-0.4, -0.2) is 43.5 Å². The number of non-ortho nitro benzene ring substituents is 1. The van der Waals surface area contributed by atoms with E-state index in [1.807, 2.05) is 0 Å². The third-order valence-corrected chi connectivity index (χ3v) is 4.20. The van der Waals surface area contributed by atoms with Crippen LogP contribution >= 0.6 is 11.8 Å². The van der Waals surface area contributed by atoms with E-state index in [4.69, 9.17) is 0 Å². The SMILES string of the molecule is COC(=O)NCCCN1CCSc2cc([N+](=O)[O-])ccc21. The predicted octanol–water partition coefficient (Wildman–Crippen LogP) is 2.25. The number of benzene rings is 1. The number of hydrogen-bond acceptors (Lipinski definition) is 6. The summed E-state index contributed by atoms with van der Waals surface area (Å²) in [5.41, 5.74) is 1.14. The zero-order valence-corrected chi connectivity index (χ0v) is 12.5. The Morgan fingerprint density at radius 1 is 1.57 bits per heavy atom. The molecule has 0 aromatic heterocycles. The first-order valence-electron chi connectivity index (χ1n) is 6.60. The molecule has 0 unspecified atom stereocenters. The van der Waals surface area contributed by atoms with Crippen LogP contribution in [-0.2, 0) is 4.74 Å². The minimum Gasteiger partial charge on any atom is -0.453 e. The van der Waals surface area contributed by atoms with E-state index in [1.54, 1.807) is 23.9 Å². The van der Waals surface area contributed by atoms with Crippen molar-refractivity contribution in [3.05, 3.63) is 28.3 Å². The second-order valence-electron chi connectivity index (χ2n) is 4.52. The number of carbonyl (C=O) groups excluding carboxylic acids is 1. The van der Waals surface area contributed by atoms with Gasteiger partial charge in [0, 0.05) is 42.4 Å². The average Bonchev–Trinajstić information content (AvgIpc) is 2.50. The Hall–Kier alpha value is -1.96. The number of methoxy groups -OCH3 is 1. The number of anilines is 1. The highest BCUT2D eigenvalue weighted by Crippen LogP contribution is 2.37. The molecule has 114 valence electrons. The van der Waals surface area contributed by atoms with E-state index in [0.717, 1.165) is 35.8 Å². The van der Waals surface area contributed by atoms with Gasteiger partial charge in [-0.05, 0) is 12.5 Å². The number of fused-ring (bicyclic) bond motifs is 1. The molecule has 1 aromatic carbocycles. The lowest BCUT2D eigenvalue weighted by atomic mass is 10.2. The predicted molar refractivity (Wildman–Crippen MR) is 81.1 cm³/mol. The van der Waals surface area contributed by atoms with E-state index >= 15 is 0 Å². The average molecular weight is 311 g/mol. The first kappa shape index (κ1) is 15.4. The van der Waals surface area contributed by atoms with E-state index in [-0.39, 0.29) is 10.6 Å². The molecule has 2 rings (SSSR count). The number of rotatable bonds is 5. The maximum absolute atomic E-state index is 10.9. The lowest BCUT2D eigenvalue weighted by Gasteiger charge is -2.30. The van der Waals surface area contributed by atoms with Gasteiger partial charge in [-0.3, -0.25) is 10.1 Å². The van der Waals surface area contributed by atoms with E-state index in [9.17, 15) is 14.9 Å². The first-order chi connectivity index (χ1) is 10.1. The van der Waals surface area contributed by atoms with Gasteiger partial charge in [-0.25, -0.2) is 4.79 Å². The molecule has 0 saturated heterocycles. The van der Waals surface area contributed by atoms with Crippen molar-refractivity contribution >= 4 is 29.2 Å². The fourth-order valence-corrected chi connectivity index (χ4v) is 3.22. The molecule has 1 aliphatic heterocycles. The zero-order valence-electron chi connectivity index (χ0n) is 11.7. The number of amides is 1. The fraction of sp³-hybridized carbons (Fsp3) is 0.462.